The first-order valence-corrected chi connectivity index (χ1v) is 13.1. The Hall–Kier alpha value is -3.77. The van der Waals surface area contributed by atoms with Gasteiger partial charge in [0.05, 0.1) is 25.0 Å². The highest BCUT2D eigenvalue weighted by molar-refractivity contribution is 6.10. The highest BCUT2D eigenvalue weighted by atomic mass is 16.5. The molecule has 6 nitrogen and oxygen atoms in total. The van der Waals surface area contributed by atoms with Crippen LogP contribution in [0.3, 0.4) is 0 Å². The van der Waals surface area contributed by atoms with Gasteiger partial charge in [0.1, 0.15) is 6.04 Å². The minimum Gasteiger partial charge on any atom is -0.378 e. The summed E-state index contributed by atoms with van der Waals surface area (Å²) in [6.45, 7) is 1.86. The molecule has 6 heteroatoms. The highest BCUT2D eigenvalue weighted by Gasteiger charge is 2.63. The molecule has 2 heterocycles. The number of benzene rings is 3. The van der Waals surface area contributed by atoms with E-state index in [1.54, 1.807) is 4.90 Å². The lowest BCUT2D eigenvalue weighted by molar-refractivity contribution is -0.153. The third kappa shape index (κ3) is 3.32. The van der Waals surface area contributed by atoms with Gasteiger partial charge in [0.15, 0.2) is 0 Å². The number of hydrogen-bond acceptors (Lipinski definition) is 4. The first-order chi connectivity index (χ1) is 18.1. The summed E-state index contributed by atoms with van der Waals surface area (Å²) >= 11 is 0. The fourth-order valence-electron chi connectivity index (χ4n) is 7.13. The second-order valence-electron chi connectivity index (χ2n) is 10.5. The van der Waals surface area contributed by atoms with Crippen molar-refractivity contribution >= 4 is 17.7 Å². The average molecular weight is 493 g/mol. The van der Waals surface area contributed by atoms with Crippen molar-refractivity contribution in [3.05, 3.63) is 107 Å². The molecule has 3 amide bonds. The zero-order chi connectivity index (χ0) is 25.1. The van der Waals surface area contributed by atoms with Crippen LogP contribution in [0.15, 0.2) is 78.9 Å². The minimum atomic E-state index is -0.864. The normalized spacial score (nSPS) is 26.5. The summed E-state index contributed by atoms with van der Waals surface area (Å²) in [5.74, 6) is -1.93. The van der Waals surface area contributed by atoms with E-state index in [0.717, 1.165) is 27.8 Å². The van der Waals surface area contributed by atoms with E-state index in [4.69, 9.17) is 4.74 Å². The number of amides is 3. The summed E-state index contributed by atoms with van der Waals surface area (Å²) in [4.78, 5) is 45.6. The van der Waals surface area contributed by atoms with Crippen molar-refractivity contribution in [1.29, 1.82) is 0 Å². The summed E-state index contributed by atoms with van der Waals surface area (Å²) in [6, 6.07) is 25.2. The molecule has 37 heavy (non-hydrogen) atoms. The number of carbonyl (C=O) groups is 3. The van der Waals surface area contributed by atoms with Crippen LogP contribution in [0, 0.1) is 11.8 Å². The number of hydrogen-bond donors (Lipinski definition) is 0. The first kappa shape index (κ1) is 22.4. The molecule has 2 fully saturated rings. The fraction of sp³-hybridized carbons (Fsp3) is 0.323. The molecule has 0 spiro atoms. The van der Waals surface area contributed by atoms with Gasteiger partial charge in [0.2, 0.25) is 17.7 Å². The van der Waals surface area contributed by atoms with Crippen molar-refractivity contribution in [2.45, 2.75) is 24.3 Å². The molecular weight excluding hydrogens is 464 g/mol. The third-order valence-electron chi connectivity index (χ3n) is 8.67. The number of nitrogens with zero attached hydrogens (tertiary/aromatic N) is 2. The average Bonchev–Trinajstić information content (AvgIpc) is 3.22. The van der Waals surface area contributed by atoms with Gasteiger partial charge >= 0.3 is 0 Å². The minimum absolute atomic E-state index is 0.171. The smallest absolute Gasteiger partial charge is 0.246 e. The highest BCUT2D eigenvalue weighted by Crippen LogP contribution is 2.61. The van der Waals surface area contributed by atoms with Crippen LogP contribution in [0.5, 0.6) is 0 Å². The molecule has 2 saturated heterocycles. The van der Waals surface area contributed by atoms with E-state index >= 15 is 0 Å². The molecule has 3 unspecified atom stereocenters. The Balaban J connectivity index is 1.32. The van der Waals surface area contributed by atoms with E-state index < -0.39 is 17.9 Å². The largest absolute Gasteiger partial charge is 0.378 e. The van der Waals surface area contributed by atoms with E-state index in [2.05, 4.69) is 24.3 Å². The van der Waals surface area contributed by atoms with Gasteiger partial charge in [0.25, 0.3) is 0 Å². The quantitative estimate of drug-likeness (QED) is 0.524. The van der Waals surface area contributed by atoms with Crippen LogP contribution in [0.1, 0.15) is 39.7 Å². The Morgan fingerprint density at radius 1 is 0.730 bits per heavy atom. The third-order valence-corrected chi connectivity index (χ3v) is 8.67. The topological polar surface area (TPSA) is 66.9 Å². The molecule has 5 aliphatic rings. The van der Waals surface area contributed by atoms with E-state index in [-0.39, 0.29) is 29.6 Å². The number of rotatable bonds is 4. The van der Waals surface area contributed by atoms with Crippen molar-refractivity contribution < 1.29 is 19.1 Å². The maximum atomic E-state index is 14.3. The predicted molar refractivity (Wildman–Crippen MR) is 137 cm³/mol. The Morgan fingerprint density at radius 3 is 1.68 bits per heavy atom. The number of morpholine rings is 1. The SMILES string of the molecule is O=C(C(Cc1ccccc1)N1C(=O)C2C3c4ccccc4C(c4ccccc43)C2C1=O)N1CCOCC1. The van der Waals surface area contributed by atoms with E-state index in [0.29, 0.717) is 32.7 Å². The lowest BCUT2D eigenvalue weighted by atomic mass is 9.55. The predicted octanol–water partition coefficient (Wildman–Crippen LogP) is 3.35. The van der Waals surface area contributed by atoms with Crippen LogP contribution >= 0.6 is 0 Å². The standard InChI is InChI=1S/C31H28N2O4/c34-29(32-14-16-37-17-15-32)24(18-19-8-2-1-3-9-19)33-30(35)27-25-20-10-4-5-11-21(20)26(28(27)31(33)36)23-13-7-6-12-22(23)25/h1-13,24-28H,14-18H2. The summed E-state index contributed by atoms with van der Waals surface area (Å²) < 4.78 is 5.46. The van der Waals surface area contributed by atoms with Crippen LogP contribution in [0.4, 0.5) is 0 Å². The van der Waals surface area contributed by atoms with E-state index in [1.165, 1.54) is 4.90 Å². The number of imide groups is 1. The molecule has 3 atom stereocenters. The summed E-state index contributed by atoms with van der Waals surface area (Å²) in [5, 5.41) is 0. The zero-order valence-electron chi connectivity index (χ0n) is 20.5. The lowest BCUT2D eigenvalue weighted by Gasteiger charge is -2.45. The molecule has 8 rings (SSSR count). The molecular formula is C31H28N2O4. The molecule has 3 aromatic rings. The van der Waals surface area contributed by atoms with Crippen LogP contribution in [0.25, 0.3) is 0 Å². The first-order valence-electron chi connectivity index (χ1n) is 13.1. The second-order valence-corrected chi connectivity index (χ2v) is 10.5. The summed E-state index contributed by atoms with van der Waals surface area (Å²) in [7, 11) is 0. The molecule has 3 aliphatic carbocycles. The van der Waals surface area contributed by atoms with Crippen LogP contribution in [-0.2, 0) is 25.5 Å². The van der Waals surface area contributed by atoms with E-state index in [9.17, 15) is 14.4 Å². The van der Waals surface area contributed by atoms with Crippen molar-refractivity contribution in [3.8, 4) is 0 Å². The maximum absolute atomic E-state index is 14.3. The maximum Gasteiger partial charge on any atom is 0.246 e. The number of likely N-dealkylation sites (tertiary alicyclic amines) is 1. The van der Waals surface area contributed by atoms with Gasteiger partial charge < -0.3 is 9.64 Å². The molecule has 0 saturated carbocycles. The van der Waals surface area contributed by atoms with Crippen molar-refractivity contribution in [2.24, 2.45) is 11.8 Å². The second kappa shape index (κ2) is 8.67. The Morgan fingerprint density at radius 2 is 1.19 bits per heavy atom. The van der Waals surface area contributed by atoms with Crippen molar-refractivity contribution in [1.82, 2.24) is 9.80 Å². The Bertz CT molecular complexity index is 1280. The van der Waals surface area contributed by atoms with Gasteiger partial charge in [-0.2, -0.15) is 0 Å². The van der Waals surface area contributed by atoms with E-state index in [1.807, 2.05) is 54.6 Å². The zero-order valence-corrected chi connectivity index (χ0v) is 20.5. The van der Waals surface area contributed by atoms with Gasteiger partial charge in [-0.1, -0.05) is 78.9 Å². The van der Waals surface area contributed by atoms with Crippen LogP contribution in [0.2, 0.25) is 0 Å². The lowest BCUT2D eigenvalue weighted by Crippen LogP contribution is -2.54. The molecule has 186 valence electrons. The van der Waals surface area contributed by atoms with Gasteiger partial charge in [-0.25, -0.2) is 0 Å². The summed E-state index contributed by atoms with van der Waals surface area (Å²) in [6.07, 6.45) is 0.309. The molecule has 0 radical (unpaired) electrons. The van der Waals surface area contributed by atoms with Crippen LogP contribution in [-0.4, -0.2) is 59.9 Å². The van der Waals surface area contributed by atoms with Crippen LogP contribution < -0.4 is 0 Å². The molecule has 2 bridgehead atoms. The molecule has 0 N–H and O–H groups in total. The monoisotopic (exact) mass is 492 g/mol. The number of ether oxygens (including phenoxy) is 1. The van der Waals surface area contributed by atoms with Gasteiger partial charge in [-0.05, 0) is 27.8 Å². The molecule has 2 aliphatic heterocycles. The Kier molecular flexibility index (Phi) is 5.25. The van der Waals surface area contributed by atoms with Gasteiger partial charge in [-0.3, -0.25) is 19.3 Å². The Labute approximate surface area is 215 Å². The van der Waals surface area contributed by atoms with Crippen molar-refractivity contribution in [3.63, 3.8) is 0 Å². The van der Waals surface area contributed by atoms with Gasteiger partial charge in [0, 0.05) is 31.3 Å². The van der Waals surface area contributed by atoms with Gasteiger partial charge in [-0.15, -0.1) is 0 Å². The molecule has 0 aromatic heterocycles. The van der Waals surface area contributed by atoms with Crippen molar-refractivity contribution in [2.75, 3.05) is 26.3 Å². The number of carbonyl (C=O) groups excluding carboxylic acids is 3. The molecule has 3 aromatic carbocycles. The summed E-state index contributed by atoms with van der Waals surface area (Å²) in [5.41, 5.74) is 5.47. The fourth-order valence-corrected chi connectivity index (χ4v) is 7.13.